The van der Waals surface area contributed by atoms with E-state index in [2.05, 4.69) is 4.98 Å². The molecule has 5 nitrogen and oxygen atoms in total. The molecule has 3 rings (SSSR count). The maximum Gasteiger partial charge on any atom is 0.272 e. The number of hydrogen-bond acceptors (Lipinski definition) is 3. The molecule has 0 atom stereocenters. The second kappa shape index (κ2) is 8.12. The van der Waals surface area contributed by atoms with Crippen molar-refractivity contribution in [3.8, 4) is 0 Å². The molecule has 1 aromatic heterocycles. The van der Waals surface area contributed by atoms with Gasteiger partial charge < -0.3 is 9.80 Å². The number of benzene rings is 1. The predicted octanol–water partition coefficient (Wildman–Crippen LogP) is 2.65. The maximum atomic E-state index is 12.5. The maximum absolute atomic E-state index is 12.5. The highest BCUT2D eigenvalue weighted by Crippen LogP contribution is 2.13. The van der Waals surface area contributed by atoms with Gasteiger partial charge in [-0.05, 0) is 36.2 Å². The Bertz CT molecular complexity index is 751. The lowest BCUT2D eigenvalue weighted by Crippen LogP contribution is -2.38. The second-order valence-electron chi connectivity index (χ2n) is 6.05. The number of halogens is 1. The summed E-state index contributed by atoms with van der Waals surface area (Å²) in [5.74, 6) is -0.0147. The number of carbonyl (C=O) groups is 2. The quantitative estimate of drug-likeness (QED) is 0.848. The summed E-state index contributed by atoms with van der Waals surface area (Å²) in [6, 6.07) is 12.7. The monoisotopic (exact) mass is 357 g/mol. The Hall–Kier alpha value is -2.40. The molecule has 1 aliphatic heterocycles. The van der Waals surface area contributed by atoms with Gasteiger partial charge in [-0.2, -0.15) is 0 Å². The number of aromatic nitrogens is 1. The molecule has 6 heteroatoms. The van der Waals surface area contributed by atoms with Crippen molar-refractivity contribution in [1.82, 2.24) is 14.8 Å². The Balaban J connectivity index is 1.59. The van der Waals surface area contributed by atoms with Gasteiger partial charge in [0.05, 0.1) is 6.42 Å². The third kappa shape index (κ3) is 4.57. The Kier molecular flexibility index (Phi) is 5.66. The smallest absolute Gasteiger partial charge is 0.272 e. The zero-order valence-electron chi connectivity index (χ0n) is 13.9. The van der Waals surface area contributed by atoms with E-state index >= 15 is 0 Å². The molecule has 25 heavy (non-hydrogen) atoms. The van der Waals surface area contributed by atoms with E-state index in [9.17, 15) is 9.59 Å². The van der Waals surface area contributed by atoms with Crippen molar-refractivity contribution in [1.29, 1.82) is 0 Å². The summed E-state index contributed by atoms with van der Waals surface area (Å²) in [6.07, 6.45) is 2.71. The van der Waals surface area contributed by atoms with Gasteiger partial charge in [0.15, 0.2) is 0 Å². The van der Waals surface area contributed by atoms with Crippen molar-refractivity contribution in [2.24, 2.45) is 0 Å². The molecule has 0 unspecified atom stereocenters. The first-order valence-corrected chi connectivity index (χ1v) is 8.74. The van der Waals surface area contributed by atoms with Gasteiger partial charge in [0, 0.05) is 37.4 Å². The lowest BCUT2D eigenvalue weighted by atomic mass is 10.1. The van der Waals surface area contributed by atoms with Crippen LogP contribution < -0.4 is 0 Å². The third-order valence-electron chi connectivity index (χ3n) is 4.26. The lowest BCUT2D eigenvalue weighted by Gasteiger charge is -2.22. The summed E-state index contributed by atoms with van der Waals surface area (Å²) in [5, 5.41) is 0.633. The van der Waals surface area contributed by atoms with Crippen LogP contribution in [-0.4, -0.2) is 52.8 Å². The summed E-state index contributed by atoms with van der Waals surface area (Å²) >= 11 is 5.98. The minimum absolute atomic E-state index is 0.0643. The Morgan fingerprint density at radius 2 is 1.80 bits per heavy atom. The van der Waals surface area contributed by atoms with E-state index < -0.39 is 0 Å². The Morgan fingerprint density at radius 3 is 2.56 bits per heavy atom. The van der Waals surface area contributed by atoms with Crippen molar-refractivity contribution in [2.45, 2.75) is 12.8 Å². The topological polar surface area (TPSA) is 53.5 Å². The molecule has 0 saturated carbocycles. The SMILES string of the molecule is O=C(Cc1cccc(Cl)c1)N1CCCN(C(=O)c2ccccn2)CC1. The molecule has 1 aliphatic rings. The largest absolute Gasteiger partial charge is 0.341 e. The van der Waals surface area contributed by atoms with E-state index in [-0.39, 0.29) is 11.8 Å². The fourth-order valence-electron chi connectivity index (χ4n) is 2.95. The molecular formula is C19H20ClN3O2. The van der Waals surface area contributed by atoms with Crippen molar-refractivity contribution >= 4 is 23.4 Å². The number of nitrogens with zero attached hydrogens (tertiary/aromatic N) is 3. The fraction of sp³-hybridized carbons (Fsp3) is 0.316. The molecular weight excluding hydrogens is 338 g/mol. The fourth-order valence-corrected chi connectivity index (χ4v) is 3.17. The molecule has 0 aliphatic carbocycles. The lowest BCUT2D eigenvalue weighted by molar-refractivity contribution is -0.130. The second-order valence-corrected chi connectivity index (χ2v) is 6.48. The van der Waals surface area contributed by atoms with Crippen LogP contribution in [0.1, 0.15) is 22.5 Å². The van der Waals surface area contributed by atoms with Gasteiger partial charge >= 0.3 is 0 Å². The molecule has 0 N–H and O–H groups in total. The summed E-state index contributed by atoms with van der Waals surface area (Å²) in [4.78, 5) is 32.8. The van der Waals surface area contributed by atoms with Gasteiger partial charge in [0.1, 0.15) is 5.69 Å². The molecule has 1 fully saturated rings. The molecule has 0 bridgehead atoms. The summed E-state index contributed by atoms with van der Waals surface area (Å²) < 4.78 is 0. The molecule has 0 radical (unpaired) electrons. The van der Waals surface area contributed by atoms with E-state index in [1.54, 1.807) is 35.4 Å². The molecule has 1 aromatic carbocycles. The van der Waals surface area contributed by atoms with Gasteiger partial charge in [0.2, 0.25) is 5.91 Å². The minimum Gasteiger partial charge on any atom is -0.341 e. The van der Waals surface area contributed by atoms with Crippen molar-refractivity contribution in [2.75, 3.05) is 26.2 Å². The first-order chi connectivity index (χ1) is 12.1. The van der Waals surface area contributed by atoms with Gasteiger partial charge in [-0.25, -0.2) is 0 Å². The summed E-state index contributed by atoms with van der Waals surface area (Å²) in [5.41, 5.74) is 1.35. The van der Waals surface area contributed by atoms with Crippen LogP contribution in [0.3, 0.4) is 0 Å². The molecule has 1 saturated heterocycles. The van der Waals surface area contributed by atoms with Crippen LogP contribution in [0.2, 0.25) is 5.02 Å². The number of hydrogen-bond donors (Lipinski definition) is 0. The molecule has 2 aromatic rings. The van der Waals surface area contributed by atoms with Crippen molar-refractivity contribution < 1.29 is 9.59 Å². The van der Waals surface area contributed by atoms with Gasteiger partial charge in [-0.3, -0.25) is 14.6 Å². The van der Waals surface area contributed by atoms with Crippen molar-refractivity contribution in [3.05, 3.63) is 64.9 Å². The zero-order valence-corrected chi connectivity index (χ0v) is 14.7. The average molecular weight is 358 g/mol. The molecule has 2 amide bonds. The first-order valence-electron chi connectivity index (χ1n) is 8.36. The highest BCUT2D eigenvalue weighted by Gasteiger charge is 2.23. The molecule has 0 spiro atoms. The first kappa shape index (κ1) is 17.4. The van der Waals surface area contributed by atoms with Gasteiger partial charge in [-0.15, -0.1) is 0 Å². The van der Waals surface area contributed by atoms with E-state index in [1.807, 2.05) is 23.1 Å². The highest BCUT2D eigenvalue weighted by molar-refractivity contribution is 6.30. The zero-order chi connectivity index (χ0) is 17.6. The van der Waals surface area contributed by atoms with Crippen LogP contribution in [0.15, 0.2) is 48.7 Å². The number of pyridine rings is 1. The van der Waals surface area contributed by atoms with Gasteiger partial charge in [0.25, 0.3) is 5.91 Å². The number of rotatable bonds is 3. The van der Waals surface area contributed by atoms with Crippen LogP contribution in [0.5, 0.6) is 0 Å². The van der Waals surface area contributed by atoms with Crippen LogP contribution in [-0.2, 0) is 11.2 Å². The normalized spacial score (nSPS) is 14.9. The molecule has 2 heterocycles. The minimum atomic E-state index is -0.0789. The average Bonchev–Trinajstić information content (AvgIpc) is 2.88. The van der Waals surface area contributed by atoms with E-state index in [0.717, 1.165) is 12.0 Å². The van der Waals surface area contributed by atoms with Crippen LogP contribution in [0.4, 0.5) is 0 Å². The number of carbonyl (C=O) groups excluding carboxylic acids is 2. The van der Waals surface area contributed by atoms with Crippen LogP contribution in [0.25, 0.3) is 0 Å². The third-order valence-corrected chi connectivity index (χ3v) is 4.50. The van der Waals surface area contributed by atoms with Gasteiger partial charge in [-0.1, -0.05) is 29.8 Å². The standard InChI is InChI=1S/C19H20ClN3O2/c20-16-6-3-5-15(13-16)14-18(24)22-9-4-10-23(12-11-22)19(25)17-7-1-2-8-21-17/h1-3,5-8,13H,4,9-12,14H2. The summed E-state index contributed by atoms with van der Waals surface area (Å²) in [7, 11) is 0. The van der Waals surface area contributed by atoms with E-state index in [1.165, 1.54) is 0 Å². The van der Waals surface area contributed by atoms with Crippen LogP contribution in [0, 0.1) is 0 Å². The predicted molar refractivity (Wildman–Crippen MR) is 96.5 cm³/mol. The van der Waals surface area contributed by atoms with E-state index in [0.29, 0.717) is 43.3 Å². The Morgan fingerprint density at radius 1 is 1.00 bits per heavy atom. The Labute approximate surface area is 152 Å². The number of amides is 2. The van der Waals surface area contributed by atoms with Crippen LogP contribution >= 0.6 is 11.6 Å². The molecule has 130 valence electrons. The summed E-state index contributed by atoms with van der Waals surface area (Å²) in [6.45, 7) is 2.36. The van der Waals surface area contributed by atoms with Crippen molar-refractivity contribution in [3.63, 3.8) is 0 Å². The van der Waals surface area contributed by atoms with E-state index in [4.69, 9.17) is 11.6 Å². The highest BCUT2D eigenvalue weighted by atomic mass is 35.5.